The summed E-state index contributed by atoms with van der Waals surface area (Å²) < 4.78 is 12.1. The first-order valence-electron chi connectivity index (χ1n) is 8.96. The summed E-state index contributed by atoms with van der Waals surface area (Å²) in [5.74, 6) is 1.83. The highest BCUT2D eigenvalue weighted by atomic mass is 79.9. The molecule has 0 spiro atoms. The van der Waals surface area contributed by atoms with E-state index in [4.69, 9.17) is 9.47 Å². The molecule has 140 valence electrons. The molecule has 2 rings (SSSR count). The van der Waals surface area contributed by atoms with Crippen LogP contribution >= 0.6 is 15.9 Å². The molecule has 26 heavy (non-hydrogen) atoms. The molecule has 0 aliphatic carbocycles. The highest BCUT2D eigenvalue weighted by Crippen LogP contribution is 2.27. The van der Waals surface area contributed by atoms with Gasteiger partial charge in [-0.15, -0.1) is 0 Å². The maximum atomic E-state index is 12.4. The van der Waals surface area contributed by atoms with Gasteiger partial charge < -0.3 is 14.8 Å². The Labute approximate surface area is 164 Å². The molecule has 2 aromatic carbocycles. The van der Waals surface area contributed by atoms with Crippen LogP contribution in [0.5, 0.6) is 11.5 Å². The number of carbonyl (C=O) groups is 1. The lowest BCUT2D eigenvalue weighted by molar-refractivity contribution is 0.102. The number of ether oxygens (including phenoxy) is 2. The number of hydrogen-bond acceptors (Lipinski definition) is 3. The second-order valence-electron chi connectivity index (χ2n) is 6.53. The van der Waals surface area contributed by atoms with Gasteiger partial charge >= 0.3 is 0 Å². The van der Waals surface area contributed by atoms with E-state index in [2.05, 4.69) is 42.0 Å². The number of nitrogens with one attached hydrogen (secondary N) is 1. The van der Waals surface area contributed by atoms with E-state index in [9.17, 15) is 4.79 Å². The largest absolute Gasteiger partial charge is 0.494 e. The Morgan fingerprint density at radius 2 is 1.85 bits per heavy atom. The predicted molar refractivity (Wildman–Crippen MR) is 109 cm³/mol. The molecular weight excluding hydrogens is 394 g/mol. The molecule has 5 heteroatoms. The van der Waals surface area contributed by atoms with Gasteiger partial charge in [-0.1, -0.05) is 27.2 Å². The molecule has 1 amide bonds. The van der Waals surface area contributed by atoms with Crippen molar-refractivity contribution in [1.82, 2.24) is 0 Å². The van der Waals surface area contributed by atoms with Crippen LogP contribution in [0, 0.1) is 5.92 Å². The van der Waals surface area contributed by atoms with Crippen LogP contribution in [-0.2, 0) is 0 Å². The summed E-state index contributed by atoms with van der Waals surface area (Å²) in [5, 5.41) is 2.89. The molecule has 4 nitrogen and oxygen atoms in total. The number of carbonyl (C=O) groups excluding carboxylic acids is 1. The zero-order chi connectivity index (χ0) is 18.9. The van der Waals surface area contributed by atoms with Crippen LogP contribution in [0.1, 0.15) is 44.0 Å². The van der Waals surface area contributed by atoms with Crippen LogP contribution in [0.4, 0.5) is 5.69 Å². The molecular formula is C21H26BrNO3. The molecule has 0 bridgehead atoms. The number of halogens is 1. The van der Waals surface area contributed by atoms with Crippen LogP contribution in [0.25, 0.3) is 0 Å². The van der Waals surface area contributed by atoms with Crippen LogP contribution in [0.15, 0.2) is 46.9 Å². The number of benzene rings is 2. The van der Waals surface area contributed by atoms with Crippen molar-refractivity contribution >= 4 is 27.5 Å². The van der Waals surface area contributed by atoms with Gasteiger partial charge in [-0.2, -0.15) is 0 Å². The quantitative estimate of drug-likeness (QED) is 0.513. The SMILES string of the molecule is CCCCOc1ccc(NC(=O)c2ccc(OCC(C)C)c(Br)c2)cc1. The van der Waals surface area contributed by atoms with Crippen LogP contribution < -0.4 is 14.8 Å². The summed E-state index contributed by atoms with van der Waals surface area (Å²) in [6, 6.07) is 12.8. The summed E-state index contributed by atoms with van der Waals surface area (Å²) in [6.07, 6.45) is 2.13. The van der Waals surface area contributed by atoms with E-state index in [-0.39, 0.29) is 5.91 Å². The molecule has 0 saturated carbocycles. The molecule has 2 aromatic rings. The van der Waals surface area contributed by atoms with Gasteiger partial charge in [0.05, 0.1) is 17.7 Å². The summed E-state index contributed by atoms with van der Waals surface area (Å²) in [5.41, 5.74) is 1.30. The van der Waals surface area contributed by atoms with Gasteiger partial charge in [0.1, 0.15) is 11.5 Å². The third-order valence-electron chi connectivity index (χ3n) is 3.65. The minimum Gasteiger partial charge on any atom is -0.494 e. The van der Waals surface area contributed by atoms with E-state index in [1.165, 1.54) is 0 Å². The lowest BCUT2D eigenvalue weighted by Crippen LogP contribution is -2.12. The van der Waals surface area contributed by atoms with Crippen molar-refractivity contribution in [3.63, 3.8) is 0 Å². The van der Waals surface area contributed by atoms with Gasteiger partial charge in [-0.25, -0.2) is 0 Å². The molecule has 0 atom stereocenters. The van der Waals surface area contributed by atoms with Crippen LogP contribution in [-0.4, -0.2) is 19.1 Å². The third-order valence-corrected chi connectivity index (χ3v) is 4.26. The second kappa shape index (κ2) is 10.2. The van der Waals surface area contributed by atoms with Gasteiger partial charge in [0.2, 0.25) is 0 Å². The number of unbranched alkanes of at least 4 members (excludes halogenated alkanes) is 1. The molecule has 0 aliphatic rings. The first-order valence-corrected chi connectivity index (χ1v) is 9.75. The zero-order valence-corrected chi connectivity index (χ0v) is 17.1. The molecule has 0 heterocycles. The minimum absolute atomic E-state index is 0.166. The summed E-state index contributed by atoms with van der Waals surface area (Å²) in [7, 11) is 0. The molecule has 0 aliphatic heterocycles. The van der Waals surface area contributed by atoms with Crippen molar-refractivity contribution in [2.75, 3.05) is 18.5 Å². The number of anilines is 1. The standard InChI is InChI=1S/C21H26BrNO3/c1-4-5-12-25-18-9-7-17(8-10-18)23-21(24)16-6-11-20(19(22)13-16)26-14-15(2)3/h6-11,13,15H,4-5,12,14H2,1-3H3,(H,23,24). The Balaban J connectivity index is 1.95. The third kappa shape index (κ3) is 6.37. The van der Waals surface area contributed by atoms with E-state index in [1.807, 2.05) is 30.3 Å². The van der Waals surface area contributed by atoms with Crippen molar-refractivity contribution in [2.45, 2.75) is 33.6 Å². The van der Waals surface area contributed by atoms with E-state index in [0.717, 1.165) is 34.5 Å². The fourth-order valence-electron chi connectivity index (χ4n) is 2.19. The van der Waals surface area contributed by atoms with E-state index < -0.39 is 0 Å². The van der Waals surface area contributed by atoms with Gasteiger partial charge in [-0.3, -0.25) is 4.79 Å². The van der Waals surface area contributed by atoms with Gasteiger partial charge in [0.25, 0.3) is 5.91 Å². The normalized spacial score (nSPS) is 10.7. The average molecular weight is 420 g/mol. The Bertz CT molecular complexity index is 714. The molecule has 0 saturated heterocycles. The van der Waals surface area contributed by atoms with E-state index in [1.54, 1.807) is 12.1 Å². The average Bonchev–Trinajstić information content (AvgIpc) is 2.62. The highest BCUT2D eigenvalue weighted by molar-refractivity contribution is 9.10. The minimum atomic E-state index is -0.166. The molecule has 0 aromatic heterocycles. The Morgan fingerprint density at radius 3 is 2.46 bits per heavy atom. The highest BCUT2D eigenvalue weighted by Gasteiger charge is 2.10. The Hall–Kier alpha value is -2.01. The van der Waals surface area contributed by atoms with Gasteiger partial charge in [-0.05, 0) is 70.7 Å². The monoisotopic (exact) mass is 419 g/mol. The molecule has 1 N–H and O–H groups in total. The lowest BCUT2D eigenvalue weighted by atomic mass is 10.2. The van der Waals surface area contributed by atoms with E-state index in [0.29, 0.717) is 24.7 Å². The van der Waals surface area contributed by atoms with Crippen LogP contribution in [0.3, 0.4) is 0 Å². The predicted octanol–water partition coefficient (Wildman–Crippen LogP) is 5.92. The van der Waals surface area contributed by atoms with Crippen molar-refractivity contribution in [3.8, 4) is 11.5 Å². The summed E-state index contributed by atoms with van der Waals surface area (Å²) in [4.78, 5) is 12.4. The van der Waals surface area contributed by atoms with Gasteiger partial charge in [0.15, 0.2) is 0 Å². The Morgan fingerprint density at radius 1 is 1.12 bits per heavy atom. The number of rotatable bonds is 9. The number of hydrogen-bond donors (Lipinski definition) is 1. The van der Waals surface area contributed by atoms with Crippen molar-refractivity contribution in [1.29, 1.82) is 0 Å². The molecule has 0 unspecified atom stereocenters. The van der Waals surface area contributed by atoms with Crippen molar-refractivity contribution < 1.29 is 14.3 Å². The first kappa shape index (κ1) is 20.3. The fraction of sp³-hybridized carbons (Fsp3) is 0.381. The van der Waals surface area contributed by atoms with Crippen molar-refractivity contribution in [3.05, 3.63) is 52.5 Å². The first-order chi connectivity index (χ1) is 12.5. The smallest absolute Gasteiger partial charge is 0.255 e. The topological polar surface area (TPSA) is 47.6 Å². The maximum absolute atomic E-state index is 12.4. The van der Waals surface area contributed by atoms with Crippen molar-refractivity contribution in [2.24, 2.45) is 5.92 Å². The zero-order valence-electron chi connectivity index (χ0n) is 15.5. The molecule has 0 radical (unpaired) electrons. The van der Waals surface area contributed by atoms with Crippen LogP contribution in [0.2, 0.25) is 0 Å². The molecule has 0 fully saturated rings. The fourth-order valence-corrected chi connectivity index (χ4v) is 2.68. The second-order valence-corrected chi connectivity index (χ2v) is 7.38. The van der Waals surface area contributed by atoms with Gasteiger partial charge in [0, 0.05) is 11.3 Å². The van der Waals surface area contributed by atoms with E-state index >= 15 is 0 Å². The summed E-state index contributed by atoms with van der Waals surface area (Å²) >= 11 is 3.47. The number of amides is 1. The maximum Gasteiger partial charge on any atom is 0.255 e. The lowest BCUT2D eigenvalue weighted by Gasteiger charge is -2.12. The summed E-state index contributed by atoms with van der Waals surface area (Å²) in [6.45, 7) is 7.66. The Kier molecular flexibility index (Phi) is 7.98.